The molecule has 1 saturated carbocycles. The van der Waals surface area contributed by atoms with E-state index in [1.54, 1.807) is 0 Å². The van der Waals surface area contributed by atoms with Crippen LogP contribution in [-0.4, -0.2) is 47.7 Å². The van der Waals surface area contributed by atoms with E-state index < -0.39 is 23.8 Å². The van der Waals surface area contributed by atoms with Gasteiger partial charge in [-0.15, -0.1) is 0 Å². The molecule has 1 aliphatic carbocycles. The summed E-state index contributed by atoms with van der Waals surface area (Å²) in [5.74, 6) is -1.91. The van der Waals surface area contributed by atoms with Crippen molar-refractivity contribution in [3.05, 3.63) is 35.4 Å². The maximum absolute atomic E-state index is 12.6. The van der Waals surface area contributed by atoms with Crippen LogP contribution in [0.25, 0.3) is 0 Å². The van der Waals surface area contributed by atoms with Crippen LogP contribution in [0.15, 0.2) is 24.3 Å². The normalized spacial score (nSPS) is 27.0. The number of amides is 1. The number of nitrogens with zero attached hydrogens (tertiary/aromatic N) is 1. The zero-order valence-corrected chi connectivity index (χ0v) is 12.6. The molecule has 3 unspecified atom stereocenters. The van der Waals surface area contributed by atoms with E-state index >= 15 is 0 Å². The first-order valence-electron chi connectivity index (χ1n) is 7.57. The Hall–Kier alpha value is -2.09. The highest BCUT2D eigenvalue weighted by Gasteiger charge is 2.48. The van der Waals surface area contributed by atoms with Crippen LogP contribution in [0, 0.1) is 5.92 Å². The number of hydrogen-bond acceptors (Lipinski definition) is 3. The molecule has 0 spiro atoms. The van der Waals surface area contributed by atoms with Crippen LogP contribution >= 0.6 is 0 Å². The Labute approximate surface area is 136 Å². The van der Waals surface area contributed by atoms with Crippen LogP contribution in [0.5, 0.6) is 0 Å². The number of ether oxygens (including phenoxy) is 1. The summed E-state index contributed by atoms with van der Waals surface area (Å²) < 4.78 is 42.8. The highest BCUT2D eigenvalue weighted by Crippen LogP contribution is 2.49. The van der Waals surface area contributed by atoms with Gasteiger partial charge in [-0.2, -0.15) is 13.2 Å². The summed E-state index contributed by atoms with van der Waals surface area (Å²) >= 11 is 0. The number of morpholine rings is 1. The van der Waals surface area contributed by atoms with Crippen LogP contribution in [-0.2, 0) is 20.5 Å². The predicted molar refractivity (Wildman–Crippen MR) is 76.2 cm³/mol. The Morgan fingerprint density at radius 2 is 1.88 bits per heavy atom. The molecule has 24 heavy (non-hydrogen) atoms. The minimum absolute atomic E-state index is 0.0429. The third kappa shape index (κ3) is 3.24. The molecule has 0 aromatic heterocycles. The van der Waals surface area contributed by atoms with Gasteiger partial charge in [0, 0.05) is 12.5 Å². The number of carboxylic acid groups (broad SMARTS) is 1. The van der Waals surface area contributed by atoms with Gasteiger partial charge in [-0.05, 0) is 30.0 Å². The number of carbonyl (C=O) groups is 2. The summed E-state index contributed by atoms with van der Waals surface area (Å²) in [6.07, 6.45) is -3.87. The fraction of sp³-hybridized carbons (Fsp3) is 0.500. The Morgan fingerprint density at radius 1 is 1.21 bits per heavy atom. The summed E-state index contributed by atoms with van der Waals surface area (Å²) in [6.45, 7) is 0.456. The summed E-state index contributed by atoms with van der Waals surface area (Å²) in [5, 5.41) is 9.17. The maximum atomic E-state index is 12.6. The molecule has 2 aliphatic rings. The summed E-state index contributed by atoms with van der Waals surface area (Å²) in [5.41, 5.74) is -0.0598. The average Bonchev–Trinajstić information content (AvgIpc) is 3.34. The van der Waals surface area contributed by atoms with Gasteiger partial charge in [-0.1, -0.05) is 12.1 Å². The molecule has 1 aliphatic heterocycles. The van der Waals surface area contributed by atoms with Crippen molar-refractivity contribution >= 4 is 11.9 Å². The van der Waals surface area contributed by atoms with Crippen molar-refractivity contribution in [1.82, 2.24) is 4.90 Å². The van der Waals surface area contributed by atoms with Crippen LogP contribution in [0.2, 0.25) is 0 Å². The first-order valence-corrected chi connectivity index (χ1v) is 7.57. The minimum Gasteiger partial charge on any atom is -0.480 e. The smallest absolute Gasteiger partial charge is 0.416 e. The lowest BCUT2D eigenvalue weighted by Crippen LogP contribution is -2.53. The summed E-state index contributed by atoms with van der Waals surface area (Å²) in [7, 11) is 0. The highest BCUT2D eigenvalue weighted by atomic mass is 19.4. The van der Waals surface area contributed by atoms with E-state index in [0.29, 0.717) is 12.0 Å². The second-order valence-corrected chi connectivity index (χ2v) is 6.03. The molecule has 1 saturated heterocycles. The zero-order chi connectivity index (χ0) is 17.5. The molecular weight excluding hydrogens is 327 g/mol. The third-order valence-corrected chi connectivity index (χ3v) is 4.47. The van der Waals surface area contributed by atoms with Crippen molar-refractivity contribution in [3.63, 3.8) is 0 Å². The van der Waals surface area contributed by atoms with Gasteiger partial charge in [0.15, 0.2) is 6.04 Å². The van der Waals surface area contributed by atoms with Gasteiger partial charge in [0.25, 0.3) is 0 Å². The first-order chi connectivity index (χ1) is 11.3. The second-order valence-electron chi connectivity index (χ2n) is 6.03. The number of carbonyl (C=O) groups excluding carboxylic acids is 1. The Kier molecular flexibility index (Phi) is 4.25. The molecule has 130 valence electrons. The lowest BCUT2D eigenvalue weighted by atomic mass is 10.1. The van der Waals surface area contributed by atoms with Gasteiger partial charge in [0.05, 0.1) is 18.8 Å². The molecule has 1 heterocycles. The van der Waals surface area contributed by atoms with Crippen molar-refractivity contribution in [2.45, 2.75) is 24.6 Å². The largest absolute Gasteiger partial charge is 0.480 e. The average molecular weight is 343 g/mol. The van der Waals surface area contributed by atoms with Gasteiger partial charge in [0.2, 0.25) is 5.91 Å². The van der Waals surface area contributed by atoms with Gasteiger partial charge in [0.1, 0.15) is 0 Å². The van der Waals surface area contributed by atoms with Crippen molar-refractivity contribution < 1.29 is 32.6 Å². The van der Waals surface area contributed by atoms with Crippen molar-refractivity contribution in [2.75, 3.05) is 19.8 Å². The minimum atomic E-state index is -4.39. The van der Waals surface area contributed by atoms with E-state index in [4.69, 9.17) is 9.84 Å². The zero-order valence-electron chi connectivity index (χ0n) is 12.6. The molecule has 5 nitrogen and oxygen atoms in total. The summed E-state index contributed by atoms with van der Waals surface area (Å²) in [4.78, 5) is 25.0. The molecule has 8 heteroatoms. The van der Waals surface area contributed by atoms with Gasteiger partial charge in [-0.25, -0.2) is 4.79 Å². The SMILES string of the molecule is O=C(O)C1COCCN1C(=O)C1CC1c1ccc(C(F)(F)F)cc1. The Bertz CT molecular complexity index is 644. The van der Waals surface area contributed by atoms with E-state index in [9.17, 15) is 22.8 Å². The molecule has 2 fully saturated rings. The second kappa shape index (κ2) is 6.08. The monoisotopic (exact) mass is 343 g/mol. The molecule has 1 amide bonds. The van der Waals surface area contributed by atoms with Crippen molar-refractivity contribution in [1.29, 1.82) is 0 Å². The van der Waals surface area contributed by atoms with Gasteiger partial charge in [-0.3, -0.25) is 4.79 Å². The van der Waals surface area contributed by atoms with E-state index in [1.807, 2.05) is 0 Å². The number of carboxylic acids is 1. The van der Waals surface area contributed by atoms with Crippen LogP contribution in [0.4, 0.5) is 13.2 Å². The third-order valence-electron chi connectivity index (χ3n) is 4.47. The number of rotatable bonds is 3. The molecule has 3 rings (SSSR count). The van der Waals surface area contributed by atoms with E-state index in [0.717, 1.165) is 12.1 Å². The molecule has 1 N–H and O–H groups in total. The molecule has 3 atom stereocenters. The molecule has 1 aromatic carbocycles. The standard InChI is InChI=1S/C16H16F3NO4/c17-16(18,19)10-3-1-9(2-4-10)11-7-12(11)14(21)20-5-6-24-8-13(20)15(22)23/h1-4,11-13H,5-8H2,(H,22,23). The van der Waals surface area contributed by atoms with Crippen LogP contribution in [0.3, 0.4) is 0 Å². The highest BCUT2D eigenvalue weighted by molar-refractivity contribution is 5.88. The number of alkyl halides is 3. The van der Waals surface area contributed by atoms with E-state index in [-0.39, 0.29) is 37.5 Å². The molecule has 0 radical (unpaired) electrons. The number of aliphatic carboxylic acids is 1. The molecule has 0 bridgehead atoms. The fourth-order valence-electron chi connectivity index (χ4n) is 3.04. The molecular formula is C16H16F3NO4. The summed E-state index contributed by atoms with van der Waals surface area (Å²) in [6, 6.07) is 3.78. The number of benzene rings is 1. The van der Waals surface area contributed by atoms with E-state index in [1.165, 1.54) is 17.0 Å². The topological polar surface area (TPSA) is 66.8 Å². The fourth-order valence-corrected chi connectivity index (χ4v) is 3.04. The Morgan fingerprint density at radius 3 is 2.46 bits per heavy atom. The van der Waals surface area contributed by atoms with Crippen LogP contribution < -0.4 is 0 Å². The molecule has 1 aromatic rings. The quantitative estimate of drug-likeness (QED) is 0.913. The van der Waals surface area contributed by atoms with Gasteiger partial charge >= 0.3 is 12.1 Å². The number of hydrogen-bond donors (Lipinski definition) is 1. The van der Waals surface area contributed by atoms with Crippen molar-refractivity contribution in [2.24, 2.45) is 5.92 Å². The lowest BCUT2D eigenvalue weighted by molar-refractivity contribution is -0.158. The predicted octanol–water partition coefficient (Wildman–Crippen LogP) is 2.12. The Balaban J connectivity index is 1.68. The van der Waals surface area contributed by atoms with Crippen molar-refractivity contribution in [3.8, 4) is 0 Å². The maximum Gasteiger partial charge on any atom is 0.416 e. The number of halogens is 3. The van der Waals surface area contributed by atoms with Gasteiger partial charge < -0.3 is 14.7 Å². The lowest BCUT2D eigenvalue weighted by Gasteiger charge is -2.33. The first kappa shape index (κ1) is 16.8. The van der Waals surface area contributed by atoms with E-state index in [2.05, 4.69) is 0 Å². The van der Waals surface area contributed by atoms with Crippen LogP contribution in [0.1, 0.15) is 23.5 Å².